The second kappa shape index (κ2) is 9.58. The number of carbonyl (C=O) groups excluding carboxylic acids is 1. The zero-order valence-corrected chi connectivity index (χ0v) is 16.0. The third-order valence-corrected chi connectivity index (χ3v) is 6.66. The monoisotopic (exact) mass is 354 g/mol. The van der Waals surface area contributed by atoms with Gasteiger partial charge in [-0.3, -0.25) is 0 Å². The molecule has 1 rings (SSSR count). The maximum atomic E-state index is 11.6. The molecular weight excluding hydrogens is 328 g/mol. The number of hydrogen-bond donors (Lipinski definition) is 0. The molecule has 0 bridgehead atoms. The molecule has 0 spiro atoms. The van der Waals surface area contributed by atoms with Gasteiger partial charge in [0.25, 0.3) is 0 Å². The lowest BCUT2D eigenvalue weighted by atomic mass is 10.1. The van der Waals surface area contributed by atoms with Crippen LogP contribution in [0.5, 0.6) is 11.5 Å². The van der Waals surface area contributed by atoms with Crippen molar-refractivity contribution in [3.05, 3.63) is 35.9 Å². The van der Waals surface area contributed by atoms with Gasteiger partial charge in [0, 0.05) is 33.4 Å². The Hall–Kier alpha value is -1.67. The Balaban J connectivity index is 2.98. The quantitative estimate of drug-likeness (QED) is 0.279. The maximum Gasteiger partial charge on any atom is 0.500 e. The standard InChI is InChI=1S/C17H26O6Si/c1-7-15(18)23-17-14(11-10-13(2)16(17)19-3)9-8-12-24(20-4,21-5)22-6/h7,10-11H,1,8-9,12H2,2-6H3. The molecule has 1 aromatic carbocycles. The Morgan fingerprint density at radius 3 is 2.25 bits per heavy atom. The third kappa shape index (κ3) is 4.91. The van der Waals surface area contributed by atoms with E-state index in [9.17, 15) is 4.79 Å². The van der Waals surface area contributed by atoms with Crippen LogP contribution >= 0.6 is 0 Å². The number of hydrogen-bond acceptors (Lipinski definition) is 6. The molecular formula is C17H26O6Si. The average Bonchev–Trinajstić information content (AvgIpc) is 2.61. The second-order valence-corrected chi connectivity index (χ2v) is 8.27. The van der Waals surface area contributed by atoms with Crippen molar-refractivity contribution in [2.45, 2.75) is 25.8 Å². The Kier molecular flexibility index (Phi) is 8.13. The van der Waals surface area contributed by atoms with Crippen molar-refractivity contribution in [3.8, 4) is 11.5 Å². The zero-order valence-electron chi connectivity index (χ0n) is 15.0. The first-order valence-electron chi connectivity index (χ1n) is 7.63. The number of rotatable bonds is 10. The number of methoxy groups -OCH3 is 1. The van der Waals surface area contributed by atoms with E-state index in [2.05, 4.69) is 6.58 Å². The summed E-state index contributed by atoms with van der Waals surface area (Å²) in [5.74, 6) is 0.466. The molecule has 0 N–H and O–H groups in total. The smallest absolute Gasteiger partial charge is 0.493 e. The van der Waals surface area contributed by atoms with Crippen LogP contribution in [-0.2, 0) is 24.5 Å². The molecule has 0 aromatic heterocycles. The number of esters is 1. The summed E-state index contributed by atoms with van der Waals surface area (Å²) < 4.78 is 27.1. The summed E-state index contributed by atoms with van der Waals surface area (Å²) in [5, 5.41) is 0. The summed E-state index contributed by atoms with van der Waals surface area (Å²) in [6, 6.07) is 4.52. The van der Waals surface area contributed by atoms with Crippen LogP contribution in [0.15, 0.2) is 24.8 Å². The third-order valence-electron chi connectivity index (χ3n) is 3.83. The van der Waals surface area contributed by atoms with E-state index in [1.54, 1.807) is 28.4 Å². The van der Waals surface area contributed by atoms with Crippen molar-refractivity contribution < 1.29 is 27.5 Å². The molecule has 0 radical (unpaired) electrons. The van der Waals surface area contributed by atoms with Gasteiger partial charge in [-0.05, 0) is 30.9 Å². The largest absolute Gasteiger partial charge is 0.500 e. The van der Waals surface area contributed by atoms with Gasteiger partial charge < -0.3 is 22.8 Å². The molecule has 0 saturated heterocycles. The summed E-state index contributed by atoms with van der Waals surface area (Å²) in [6.45, 7) is 5.33. The van der Waals surface area contributed by atoms with Gasteiger partial charge >= 0.3 is 14.8 Å². The highest BCUT2D eigenvalue weighted by atomic mass is 28.4. The fourth-order valence-electron chi connectivity index (χ4n) is 2.46. The van der Waals surface area contributed by atoms with Gasteiger partial charge in [-0.1, -0.05) is 18.7 Å². The molecule has 0 aliphatic carbocycles. The van der Waals surface area contributed by atoms with Gasteiger partial charge in [0.05, 0.1) is 7.11 Å². The second-order valence-electron chi connectivity index (χ2n) is 5.18. The predicted molar refractivity (Wildman–Crippen MR) is 93.5 cm³/mol. The van der Waals surface area contributed by atoms with Crippen molar-refractivity contribution in [1.82, 2.24) is 0 Å². The van der Waals surface area contributed by atoms with E-state index in [1.807, 2.05) is 19.1 Å². The summed E-state index contributed by atoms with van der Waals surface area (Å²) in [6.07, 6.45) is 2.55. The minimum Gasteiger partial charge on any atom is -0.493 e. The zero-order chi connectivity index (χ0) is 18.2. The van der Waals surface area contributed by atoms with Crippen molar-refractivity contribution >= 4 is 14.8 Å². The van der Waals surface area contributed by atoms with E-state index in [1.165, 1.54) is 0 Å². The Labute approximate surface area is 144 Å². The summed E-state index contributed by atoms with van der Waals surface area (Å²) in [4.78, 5) is 11.6. The first-order chi connectivity index (χ1) is 11.5. The van der Waals surface area contributed by atoms with Crippen LogP contribution in [0, 0.1) is 6.92 Å². The fraction of sp³-hybridized carbons (Fsp3) is 0.471. The molecule has 1 aromatic rings. The number of aryl methyl sites for hydroxylation is 2. The lowest BCUT2D eigenvalue weighted by Crippen LogP contribution is -2.42. The molecule has 7 heteroatoms. The van der Waals surface area contributed by atoms with Crippen molar-refractivity contribution in [2.24, 2.45) is 0 Å². The maximum absolute atomic E-state index is 11.6. The molecule has 0 unspecified atom stereocenters. The summed E-state index contributed by atoms with van der Waals surface area (Å²) >= 11 is 0. The van der Waals surface area contributed by atoms with E-state index in [4.69, 9.17) is 22.8 Å². The van der Waals surface area contributed by atoms with Gasteiger partial charge in [0.1, 0.15) is 0 Å². The van der Waals surface area contributed by atoms with Crippen LogP contribution in [0.25, 0.3) is 0 Å². The molecule has 0 fully saturated rings. The van der Waals surface area contributed by atoms with Crippen LogP contribution in [0.4, 0.5) is 0 Å². The Bertz CT molecular complexity index is 560. The molecule has 0 atom stereocenters. The van der Waals surface area contributed by atoms with Crippen LogP contribution in [0.2, 0.25) is 6.04 Å². The fourth-order valence-corrected chi connectivity index (χ4v) is 4.18. The molecule has 6 nitrogen and oxygen atoms in total. The number of carbonyl (C=O) groups is 1. The van der Waals surface area contributed by atoms with E-state index in [0.29, 0.717) is 24.0 Å². The number of ether oxygens (including phenoxy) is 2. The average molecular weight is 354 g/mol. The van der Waals surface area contributed by atoms with Crippen LogP contribution in [0.1, 0.15) is 17.5 Å². The highest BCUT2D eigenvalue weighted by Gasteiger charge is 2.37. The predicted octanol–water partition coefficient (Wildman–Crippen LogP) is 2.91. The summed E-state index contributed by atoms with van der Waals surface area (Å²) in [5.41, 5.74) is 1.77. The highest BCUT2D eigenvalue weighted by molar-refractivity contribution is 6.60. The van der Waals surface area contributed by atoms with Gasteiger partial charge in [0.15, 0.2) is 11.5 Å². The highest BCUT2D eigenvalue weighted by Crippen LogP contribution is 2.36. The number of benzene rings is 1. The van der Waals surface area contributed by atoms with Crippen molar-refractivity contribution in [3.63, 3.8) is 0 Å². The van der Waals surface area contributed by atoms with Crippen LogP contribution < -0.4 is 9.47 Å². The van der Waals surface area contributed by atoms with E-state index < -0.39 is 14.8 Å². The minimum absolute atomic E-state index is 0.432. The first-order valence-corrected chi connectivity index (χ1v) is 9.56. The molecule has 0 saturated carbocycles. The van der Waals surface area contributed by atoms with E-state index in [0.717, 1.165) is 23.6 Å². The molecule has 24 heavy (non-hydrogen) atoms. The van der Waals surface area contributed by atoms with Gasteiger partial charge in [-0.2, -0.15) is 0 Å². The SMILES string of the molecule is C=CC(=O)Oc1c(CCC[Si](OC)(OC)OC)ccc(C)c1OC. The van der Waals surface area contributed by atoms with Crippen molar-refractivity contribution in [1.29, 1.82) is 0 Å². The molecule has 0 aliphatic heterocycles. The van der Waals surface area contributed by atoms with E-state index >= 15 is 0 Å². The lowest BCUT2D eigenvalue weighted by Gasteiger charge is -2.24. The van der Waals surface area contributed by atoms with Gasteiger partial charge in [-0.25, -0.2) is 4.79 Å². The molecule has 0 heterocycles. The Morgan fingerprint density at radius 1 is 1.12 bits per heavy atom. The van der Waals surface area contributed by atoms with Gasteiger partial charge in [-0.15, -0.1) is 0 Å². The Morgan fingerprint density at radius 2 is 1.75 bits per heavy atom. The lowest BCUT2D eigenvalue weighted by molar-refractivity contribution is -0.129. The van der Waals surface area contributed by atoms with Crippen molar-refractivity contribution in [2.75, 3.05) is 28.4 Å². The topological polar surface area (TPSA) is 63.2 Å². The van der Waals surface area contributed by atoms with Crippen LogP contribution in [-0.4, -0.2) is 43.2 Å². The van der Waals surface area contributed by atoms with Crippen LogP contribution in [0.3, 0.4) is 0 Å². The molecule has 0 aliphatic rings. The molecule has 134 valence electrons. The minimum atomic E-state index is -2.62. The molecule has 0 amide bonds. The summed E-state index contributed by atoms with van der Waals surface area (Å²) in [7, 11) is 3.70. The van der Waals surface area contributed by atoms with E-state index in [-0.39, 0.29) is 0 Å². The van der Waals surface area contributed by atoms with Gasteiger partial charge in [0.2, 0.25) is 0 Å². The normalized spacial score (nSPS) is 11.2. The first kappa shape index (κ1) is 20.4.